The first kappa shape index (κ1) is 21.1. The summed E-state index contributed by atoms with van der Waals surface area (Å²) >= 11 is 3.31. The van der Waals surface area contributed by atoms with Crippen LogP contribution in [0.5, 0.6) is 5.75 Å². The molecule has 146 valence electrons. The molecule has 7 nitrogen and oxygen atoms in total. The number of alkyl halides is 1. The van der Waals surface area contributed by atoms with Gasteiger partial charge in [-0.3, -0.25) is 9.69 Å². The zero-order chi connectivity index (χ0) is 19.0. The Kier molecular flexibility index (Phi) is 8.33. The van der Waals surface area contributed by atoms with E-state index in [1.807, 2.05) is 0 Å². The van der Waals surface area contributed by atoms with Crippen LogP contribution in [0.2, 0.25) is 0 Å². The van der Waals surface area contributed by atoms with Gasteiger partial charge in [0.05, 0.1) is 12.0 Å². The van der Waals surface area contributed by atoms with E-state index in [-0.39, 0.29) is 10.8 Å². The van der Waals surface area contributed by atoms with E-state index in [9.17, 15) is 13.2 Å². The van der Waals surface area contributed by atoms with E-state index in [1.54, 1.807) is 31.4 Å². The molecule has 9 heteroatoms. The molecular formula is C17H26BrN3O4S. The Morgan fingerprint density at radius 1 is 1.19 bits per heavy atom. The third-order valence-electron chi connectivity index (χ3n) is 4.32. The highest BCUT2D eigenvalue weighted by atomic mass is 79.9. The molecular weight excluding hydrogens is 422 g/mol. The maximum absolute atomic E-state index is 12.7. The number of hydrogen-bond acceptors (Lipinski definition) is 5. The fourth-order valence-corrected chi connectivity index (χ4v) is 4.46. The van der Waals surface area contributed by atoms with E-state index in [0.29, 0.717) is 44.9 Å². The van der Waals surface area contributed by atoms with E-state index in [1.165, 1.54) is 4.31 Å². The minimum atomic E-state index is -3.48. The first-order valence-electron chi connectivity index (χ1n) is 8.66. The third kappa shape index (κ3) is 5.94. The Balaban J connectivity index is 1.79. The van der Waals surface area contributed by atoms with E-state index >= 15 is 0 Å². The number of piperazine rings is 1. The lowest BCUT2D eigenvalue weighted by molar-refractivity contribution is -0.121. The van der Waals surface area contributed by atoms with Crippen molar-refractivity contribution in [3.8, 4) is 5.75 Å². The number of carbonyl (C=O) groups is 1. The first-order valence-corrected chi connectivity index (χ1v) is 11.2. The van der Waals surface area contributed by atoms with Crippen molar-refractivity contribution in [2.45, 2.75) is 17.7 Å². The minimum Gasteiger partial charge on any atom is -0.497 e. The van der Waals surface area contributed by atoms with Crippen molar-refractivity contribution in [3.05, 3.63) is 24.3 Å². The molecule has 1 saturated heterocycles. The van der Waals surface area contributed by atoms with Crippen LogP contribution < -0.4 is 10.1 Å². The number of ether oxygens (including phenoxy) is 1. The molecule has 0 bridgehead atoms. The van der Waals surface area contributed by atoms with Crippen LogP contribution in [0.15, 0.2) is 29.2 Å². The summed E-state index contributed by atoms with van der Waals surface area (Å²) in [5, 5.41) is 3.72. The van der Waals surface area contributed by atoms with Gasteiger partial charge in [0.2, 0.25) is 15.9 Å². The Labute approximate surface area is 163 Å². The topological polar surface area (TPSA) is 79.0 Å². The van der Waals surface area contributed by atoms with Gasteiger partial charge < -0.3 is 10.1 Å². The standard InChI is InChI=1S/C17H26BrN3O4S/c1-25-15-4-6-16(7-5-15)26(23,24)21-13-11-20(12-14-21)10-9-19-17(22)3-2-8-18/h4-7H,2-3,8-14H2,1H3,(H,19,22). The molecule has 0 unspecified atom stereocenters. The van der Waals surface area contributed by atoms with Gasteiger partial charge in [-0.2, -0.15) is 4.31 Å². The summed E-state index contributed by atoms with van der Waals surface area (Å²) in [6, 6.07) is 6.45. The summed E-state index contributed by atoms with van der Waals surface area (Å²) in [6.07, 6.45) is 1.35. The number of nitrogens with zero attached hydrogens (tertiary/aromatic N) is 2. The monoisotopic (exact) mass is 447 g/mol. The number of halogens is 1. The van der Waals surface area contributed by atoms with Gasteiger partial charge >= 0.3 is 0 Å². The Bertz CT molecular complexity index is 674. The second-order valence-corrected chi connectivity index (χ2v) is 8.79. The number of nitrogens with one attached hydrogen (secondary N) is 1. The molecule has 1 fully saturated rings. The van der Waals surface area contributed by atoms with Gasteiger partial charge in [0.1, 0.15) is 5.75 Å². The predicted molar refractivity (Wildman–Crippen MR) is 104 cm³/mol. The highest BCUT2D eigenvalue weighted by Crippen LogP contribution is 2.20. The normalized spacial score (nSPS) is 16.4. The average Bonchev–Trinajstić information content (AvgIpc) is 2.67. The lowest BCUT2D eigenvalue weighted by Gasteiger charge is -2.34. The molecule has 0 saturated carbocycles. The second-order valence-electron chi connectivity index (χ2n) is 6.06. The van der Waals surface area contributed by atoms with Crippen molar-refractivity contribution < 1.29 is 17.9 Å². The molecule has 1 aromatic rings. The van der Waals surface area contributed by atoms with Crippen LogP contribution in [0.25, 0.3) is 0 Å². The summed E-state index contributed by atoms with van der Waals surface area (Å²) < 4.78 is 32.0. The number of rotatable bonds is 9. The Morgan fingerprint density at radius 2 is 1.85 bits per heavy atom. The highest BCUT2D eigenvalue weighted by Gasteiger charge is 2.28. The van der Waals surface area contributed by atoms with Crippen molar-refractivity contribution >= 4 is 31.9 Å². The summed E-state index contributed by atoms with van der Waals surface area (Å²) in [7, 11) is -1.93. The maximum Gasteiger partial charge on any atom is 0.243 e. The van der Waals surface area contributed by atoms with Gasteiger partial charge in [-0.1, -0.05) is 15.9 Å². The van der Waals surface area contributed by atoms with Crippen molar-refractivity contribution in [1.29, 1.82) is 0 Å². The molecule has 1 aliphatic rings. The molecule has 0 aliphatic carbocycles. The van der Waals surface area contributed by atoms with Crippen LogP contribution in [0.3, 0.4) is 0 Å². The van der Waals surface area contributed by atoms with Crippen molar-refractivity contribution in [1.82, 2.24) is 14.5 Å². The Morgan fingerprint density at radius 3 is 2.42 bits per heavy atom. The van der Waals surface area contributed by atoms with Gasteiger partial charge in [-0.25, -0.2) is 8.42 Å². The molecule has 26 heavy (non-hydrogen) atoms. The number of amides is 1. The maximum atomic E-state index is 12.7. The summed E-state index contributed by atoms with van der Waals surface area (Å²) in [5.74, 6) is 0.692. The number of carbonyl (C=O) groups excluding carboxylic acids is 1. The summed E-state index contributed by atoms with van der Waals surface area (Å²) in [5.41, 5.74) is 0. The fraction of sp³-hybridized carbons (Fsp3) is 0.588. The number of benzene rings is 1. The quantitative estimate of drug-likeness (QED) is 0.577. The van der Waals surface area contributed by atoms with Gasteiger partial charge in [-0.05, 0) is 30.7 Å². The van der Waals surface area contributed by atoms with Crippen molar-refractivity contribution in [3.63, 3.8) is 0 Å². The average molecular weight is 448 g/mol. The predicted octanol–water partition coefficient (Wildman–Crippen LogP) is 1.29. The summed E-state index contributed by atoms with van der Waals surface area (Å²) in [4.78, 5) is 14.0. The van der Waals surface area contributed by atoms with Crippen LogP contribution in [-0.4, -0.2) is 75.2 Å². The summed E-state index contributed by atoms with van der Waals surface area (Å²) in [6.45, 7) is 3.54. The molecule has 1 amide bonds. The lowest BCUT2D eigenvalue weighted by Crippen LogP contribution is -2.50. The lowest BCUT2D eigenvalue weighted by atomic mass is 10.3. The Hall–Kier alpha value is -1.16. The van der Waals surface area contributed by atoms with Crippen molar-refractivity contribution in [2.75, 3.05) is 51.7 Å². The zero-order valence-electron chi connectivity index (χ0n) is 15.0. The molecule has 1 N–H and O–H groups in total. The SMILES string of the molecule is COc1ccc(S(=O)(=O)N2CCN(CCNC(=O)CCCBr)CC2)cc1. The number of methoxy groups -OCH3 is 1. The third-order valence-corrected chi connectivity index (χ3v) is 6.79. The van der Waals surface area contributed by atoms with Crippen LogP contribution in [-0.2, 0) is 14.8 Å². The van der Waals surface area contributed by atoms with Gasteiger partial charge in [0, 0.05) is 51.0 Å². The molecule has 0 radical (unpaired) electrons. The molecule has 1 aromatic carbocycles. The van der Waals surface area contributed by atoms with Crippen molar-refractivity contribution in [2.24, 2.45) is 0 Å². The molecule has 0 atom stereocenters. The minimum absolute atomic E-state index is 0.0603. The molecule has 1 aliphatic heterocycles. The van der Waals surface area contributed by atoms with E-state index < -0.39 is 10.0 Å². The number of hydrogen-bond donors (Lipinski definition) is 1. The van der Waals surface area contributed by atoms with E-state index in [4.69, 9.17) is 4.74 Å². The molecule has 0 spiro atoms. The molecule has 0 aromatic heterocycles. The zero-order valence-corrected chi connectivity index (χ0v) is 17.4. The van der Waals surface area contributed by atoms with Gasteiger partial charge in [0.15, 0.2) is 0 Å². The van der Waals surface area contributed by atoms with Gasteiger partial charge in [0.25, 0.3) is 0 Å². The van der Waals surface area contributed by atoms with Crippen LogP contribution >= 0.6 is 15.9 Å². The van der Waals surface area contributed by atoms with Crippen LogP contribution in [0.4, 0.5) is 0 Å². The smallest absolute Gasteiger partial charge is 0.243 e. The molecule has 1 heterocycles. The van der Waals surface area contributed by atoms with E-state index in [2.05, 4.69) is 26.1 Å². The fourth-order valence-electron chi connectivity index (χ4n) is 2.76. The van der Waals surface area contributed by atoms with Gasteiger partial charge in [-0.15, -0.1) is 0 Å². The first-order chi connectivity index (χ1) is 12.5. The largest absolute Gasteiger partial charge is 0.497 e. The van der Waals surface area contributed by atoms with Crippen LogP contribution in [0, 0.1) is 0 Å². The highest BCUT2D eigenvalue weighted by molar-refractivity contribution is 9.09. The number of sulfonamides is 1. The molecule has 2 rings (SSSR count). The van der Waals surface area contributed by atoms with Crippen LogP contribution in [0.1, 0.15) is 12.8 Å². The van der Waals surface area contributed by atoms with E-state index in [0.717, 1.165) is 18.3 Å². The second kappa shape index (κ2) is 10.2.